The van der Waals surface area contributed by atoms with Gasteiger partial charge in [0.05, 0.1) is 11.6 Å². The second-order valence-corrected chi connectivity index (χ2v) is 6.85. The lowest BCUT2D eigenvalue weighted by atomic mass is 9.47. The Bertz CT molecular complexity index is 772. The van der Waals surface area contributed by atoms with Crippen LogP contribution in [0.3, 0.4) is 0 Å². The Morgan fingerprint density at radius 3 is 2.57 bits per heavy atom. The first-order valence-corrected chi connectivity index (χ1v) is 7.55. The molecule has 21 heavy (non-hydrogen) atoms. The first-order valence-electron chi connectivity index (χ1n) is 7.55. The number of hydrogen-bond donors (Lipinski definition) is 0. The van der Waals surface area contributed by atoms with E-state index in [9.17, 15) is 9.18 Å². The van der Waals surface area contributed by atoms with Crippen LogP contribution in [0.25, 0.3) is 0 Å². The number of aryl methyl sites for hydroxylation is 1. The molecule has 3 saturated carbocycles. The van der Waals surface area contributed by atoms with Crippen molar-refractivity contribution in [3.05, 3.63) is 52.2 Å². The number of fused-ring (bicyclic) bond motifs is 1. The molecular formula is C16H16FN3O. The first-order chi connectivity index (χ1) is 10.1. The molecule has 4 nitrogen and oxygen atoms in total. The molecule has 3 aliphatic carbocycles. The Morgan fingerprint density at radius 2 is 1.90 bits per heavy atom. The zero-order chi connectivity index (χ0) is 14.2. The van der Waals surface area contributed by atoms with Crippen molar-refractivity contribution in [1.29, 1.82) is 0 Å². The summed E-state index contributed by atoms with van der Waals surface area (Å²) < 4.78 is 17.1. The van der Waals surface area contributed by atoms with E-state index in [0.717, 1.165) is 24.2 Å². The van der Waals surface area contributed by atoms with Crippen LogP contribution in [0.1, 0.15) is 43.1 Å². The van der Waals surface area contributed by atoms with Gasteiger partial charge >= 0.3 is 5.69 Å². The lowest BCUT2D eigenvalue weighted by Crippen LogP contribution is -2.72. The molecular weight excluding hydrogens is 269 g/mol. The SMILES string of the molecule is O=c1n(C23CC(F)(C2)C3)nc2n1[C@H](c1ccccc1)CC2. The van der Waals surface area contributed by atoms with Crippen molar-refractivity contribution in [2.24, 2.45) is 0 Å². The predicted molar refractivity (Wildman–Crippen MR) is 75.1 cm³/mol. The molecule has 0 N–H and O–H groups in total. The minimum absolute atomic E-state index is 0.0573. The minimum atomic E-state index is -1.01. The summed E-state index contributed by atoms with van der Waals surface area (Å²) in [6.45, 7) is 0. The number of aromatic nitrogens is 3. The summed E-state index contributed by atoms with van der Waals surface area (Å²) in [6.07, 6.45) is 3.13. The average molecular weight is 285 g/mol. The number of halogens is 1. The summed E-state index contributed by atoms with van der Waals surface area (Å²) in [7, 11) is 0. The molecule has 0 amide bonds. The summed E-state index contributed by atoms with van der Waals surface area (Å²) in [5.41, 5.74) is -0.230. The van der Waals surface area contributed by atoms with Crippen molar-refractivity contribution < 1.29 is 4.39 Å². The summed E-state index contributed by atoms with van der Waals surface area (Å²) in [5, 5.41) is 4.53. The van der Waals surface area contributed by atoms with Gasteiger partial charge in [-0.3, -0.25) is 4.57 Å². The lowest BCUT2D eigenvalue weighted by molar-refractivity contribution is -0.205. The topological polar surface area (TPSA) is 39.8 Å². The van der Waals surface area contributed by atoms with Crippen molar-refractivity contribution in [1.82, 2.24) is 14.3 Å². The monoisotopic (exact) mass is 285 g/mol. The van der Waals surface area contributed by atoms with Gasteiger partial charge < -0.3 is 0 Å². The van der Waals surface area contributed by atoms with Crippen LogP contribution in [0.4, 0.5) is 4.39 Å². The minimum Gasteiger partial charge on any atom is -0.271 e. The van der Waals surface area contributed by atoms with E-state index in [1.54, 1.807) is 4.68 Å². The Balaban J connectivity index is 1.59. The quantitative estimate of drug-likeness (QED) is 0.848. The Labute approximate surface area is 121 Å². The Morgan fingerprint density at radius 1 is 1.19 bits per heavy atom. The van der Waals surface area contributed by atoms with Gasteiger partial charge in [-0.05, 0) is 12.0 Å². The van der Waals surface area contributed by atoms with Crippen molar-refractivity contribution in [3.63, 3.8) is 0 Å². The van der Waals surface area contributed by atoms with Crippen molar-refractivity contribution in [2.75, 3.05) is 0 Å². The predicted octanol–water partition coefficient (Wildman–Crippen LogP) is 2.18. The van der Waals surface area contributed by atoms with Gasteiger partial charge in [0, 0.05) is 25.7 Å². The summed E-state index contributed by atoms with van der Waals surface area (Å²) in [4.78, 5) is 12.8. The van der Waals surface area contributed by atoms with Crippen molar-refractivity contribution in [3.8, 4) is 0 Å². The standard InChI is InChI=1S/C16H16FN3O/c17-15-8-16(9-15,10-15)20-14(21)19-12(6-7-13(19)18-20)11-4-2-1-3-5-11/h1-5,12H,6-10H2/t12-,15?,16?/m0/s1. The second-order valence-electron chi connectivity index (χ2n) is 6.85. The Kier molecular flexibility index (Phi) is 1.93. The molecule has 2 bridgehead atoms. The van der Waals surface area contributed by atoms with E-state index >= 15 is 0 Å². The highest BCUT2D eigenvalue weighted by atomic mass is 19.1. The fourth-order valence-electron chi connectivity index (χ4n) is 4.44. The van der Waals surface area contributed by atoms with E-state index in [-0.39, 0.29) is 17.3 Å². The number of alkyl halides is 1. The molecule has 0 spiro atoms. The third-order valence-electron chi connectivity index (χ3n) is 5.41. The molecule has 4 aliphatic rings. The average Bonchev–Trinajstić information content (AvgIpc) is 2.96. The van der Waals surface area contributed by atoms with Crippen LogP contribution in [0.5, 0.6) is 0 Å². The Hall–Kier alpha value is -1.91. The van der Waals surface area contributed by atoms with Crippen LogP contribution in [0.15, 0.2) is 35.1 Å². The van der Waals surface area contributed by atoms with E-state index < -0.39 is 5.67 Å². The van der Waals surface area contributed by atoms with E-state index in [1.165, 1.54) is 0 Å². The van der Waals surface area contributed by atoms with E-state index in [4.69, 9.17) is 0 Å². The molecule has 108 valence electrons. The van der Waals surface area contributed by atoms with Crippen LogP contribution in [0.2, 0.25) is 0 Å². The van der Waals surface area contributed by atoms with Gasteiger partial charge in [-0.2, -0.15) is 5.10 Å². The van der Waals surface area contributed by atoms with E-state index in [2.05, 4.69) is 17.2 Å². The molecule has 1 aromatic carbocycles. The molecule has 0 saturated heterocycles. The normalized spacial score (nSPS) is 36.0. The maximum atomic E-state index is 13.7. The van der Waals surface area contributed by atoms with E-state index in [1.807, 2.05) is 22.8 Å². The molecule has 2 heterocycles. The number of nitrogens with zero attached hydrogens (tertiary/aromatic N) is 3. The van der Waals surface area contributed by atoms with Crippen LogP contribution in [-0.4, -0.2) is 20.0 Å². The third kappa shape index (κ3) is 1.34. The molecule has 2 aromatic rings. The van der Waals surface area contributed by atoms with Gasteiger partial charge in [0.2, 0.25) is 0 Å². The van der Waals surface area contributed by atoms with Gasteiger partial charge in [0.15, 0.2) is 0 Å². The summed E-state index contributed by atoms with van der Waals surface area (Å²) in [5.74, 6) is 0.853. The fraction of sp³-hybridized carbons (Fsp3) is 0.500. The van der Waals surface area contributed by atoms with Crippen molar-refractivity contribution >= 4 is 0 Å². The summed E-state index contributed by atoms with van der Waals surface area (Å²) >= 11 is 0. The molecule has 0 radical (unpaired) electrons. The summed E-state index contributed by atoms with van der Waals surface area (Å²) in [6, 6.07) is 10.2. The fourth-order valence-corrected chi connectivity index (χ4v) is 4.44. The molecule has 5 heteroatoms. The maximum absolute atomic E-state index is 13.7. The smallest absolute Gasteiger partial charge is 0.271 e. The van der Waals surface area contributed by atoms with Crippen LogP contribution >= 0.6 is 0 Å². The van der Waals surface area contributed by atoms with Crippen LogP contribution in [0, 0.1) is 0 Å². The largest absolute Gasteiger partial charge is 0.347 e. The molecule has 1 atom stereocenters. The highest BCUT2D eigenvalue weighted by Crippen LogP contribution is 2.66. The zero-order valence-electron chi connectivity index (χ0n) is 11.6. The highest BCUT2D eigenvalue weighted by Gasteiger charge is 2.71. The van der Waals surface area contributed by atoms with Crippen LogP contribution < -0.4 is 5.69 Å². The second kappa shape index (κ2) is 3.46. The van der Waals surface area contributed by atoms with Crippen LogP contribution in [-0.2, 0) is 12.0 Å². The zero-order valence-corrected chi connectivity index (χ0v) is 11.6. The van der Waals surface area contributed by atoms with Gasteiger partial charge in [-0.25, -0.2) is 13.9 Å². The molecule has 6 rings (SSSR count). The molecule has 3 fully saturated rings. The van der Waals surface area contributed by atoms with Gasteiger partial charge in [0.25, 0.3) is 0 Å². The molecule has 1 aromatic heterocycles. The molecule has 0 unspecified atom stereocenters. The number of benzene rings is 1. The number of hydrogen-bond acceptors (Lipinski definition) is 2. The lowest BCUT2D eigenvalue weighted by Gasteiger charge is -2.64. The highest BCUT2D eigenvalue weighted by molar-refractivity contribution is 5.25. The van der Waals surface area contributed by atoms with E-state index in [0.29, 0.717) is 19.3 Å². The van der Waals surface area contributed by atoms with Gasteiger partial charge in [0.1, 0.15) is 11.5 Å². The molecule has 1 aliphatic heterocycles. The van der Waals surface area contributed by atoms with Crippen molar-refractivity contribution in [2.45, 2.75) is 49.4 Å². The van der Waals surface area contributed by atoms with Gasteiger partial charge in [-0.1, -0.05) is 30.3 Å². The number of rotatable bonds is 2. The maximum Gasteiger partial charge on any atom is 0.347 e. The third-order valence-corrected chi connectivity index (χ3v) is 5.41. The van der Waals surface area contributed by atoms with Gasteiger partial charge in [-0.15, -0.1) is 0 Å². The first kappa shape index (κ1) is 11.7.